The molecule has 0 saturated carbocycles. The highest BCUT2D eigenvalue weighted by Crippen LogP contribution is 2.21. The number of nitrogens with zero attached hydrogens (tertiary/aromatic N) is 2. The molecule has 0 aliphatic heterocycles. The van der Waals surface area contributed by atoms with E-state index in [1.165, 1.54) is 4.90 Å². The predicted octanol–water partition coefficient (Wildman–Crippen LogP) is 3.68. The zero-order chi connectivity index (χ0) is 13.7. The molecule has 100 valence electrons. The molecule has 0 aliphatic rings. The van der Waals surface area contributed by atoms with E-state index in [2.05, 4.69) is 51.1 Å². The van der Waals surface area contributed by atoms with E-state index in [0.29, 0.717) is 0 Å². The minimum absolute atomic E-state index is 0.752. The first kappa shape index (κ1) is 13.7. The van der Waals surface area contributed by atoms with Gasteiger partial charge in [0.1, 0.15) is 17.5 Å². The number of aryl methyl sites for hydroxylation is 1. The highest BCUT2D eigenvalue weighted by molar-refractivity contribution is 7.98. The predicted molar refractivity (Wildman–Crippen MR) is 82.4 cm³/mol. The molecular formula is C14H18N4S. The van der Waals surface area contributed by atoms with Crippen molar-refractivity contribution in [3.8, 4) is 0 Å². The molecule has 0 aliphatic carbocycles. The highest BCUT2D eigenvalue weighted by Gasteiger charge is 2.02. The van der Waals surface area contributed by atoms with Gasteiger partial charge >= 0.3 is 0 Å². The van der Waals surface area contributed by atoms with Crippen molar-refractivity contribution in [3.05, 3.63) is 36.2 Å². The quantitative estimate of drug-likeness (QED) is 0.814. The molecule has 0 atom stereocenters. The fraction of sp³-hybridized carbons (Fsp3) is 0.286. The first-order valence-electron chi connectivity index (χ1n) is 6.22. The van der Waals surface area contributed by atoms with Crippen molar-refractivity contribution in [1.29, 1.82) is 0 Å². The van der Waals surface area contributed by atoms with Gasteiger partial charge in [0.15, 0.2) is 0 Å². The van der Waals surface area contributed by atoms with E-state index in [4.69, 9.17) is 0 Å². The lowest BCUT2D eigenvalue weighted by Gasteiger charge is -2.09. The number of thioether (sulfide) groups is 1. The van der Waals surface area contributed by atoms with Gasteiger partial charge < -0.3 is 10.6 Å². The summed E-state index contributed by atoms with van der Waals surface area (Å²) in [6, 6.07) is 10.2. The second-order valence-corrected chi connectivity index (χ2v) is 4.95. The second-order valence-electron chi connectivity index (χ2n) is 4.07. The Bertz CT molecular complexity index is 540. The molecule has 2 N–H and O–H groups in total. The topological polar surface area (TPSA) is 49.8 Å². The van der Waals surface area contributed by atoms with Crippen molar-refractivity contribution < 1.29 is 0 Å². The van der Waals surface area contributed by atoms with E-state index in [0.717, 1.165) is 29.7 Å². The Morgan fingerprint density at radius 1 is 1.11 bits per heavy atom. The summed E-state index contributed by atoms with van der Waals surface area (Å²) in [5.41, 5.74) is 1.03. The van der Waals surface area contributed by atoms with Crippen molar-refractivity contribution in [2.24, 2.45) is 0 Å². The number of benzene rings is 1. The minimum Gasteiger partial charge on any atom is -0.370 e. The lowest BCUT2D eigenvalue weighted by atomic mass is 10.3. The van der Waals surface area contributed by atoms with E-state index in [-0.39, 0.29) is 0 Å². The van der Waals surface area contributed by atoms with Gasteiger partial charge in [0, 0.05) is 23.2 Å². The number of aromatic nitrogens is 2. The molecule has 0 bridgehead atoms. The van der Waals surface area contributed by atoms with Crippen LogP contribution in [0.25, 0.3) is 0 Å². The smallest absolute Gasteiger partial charge is 0.136 e. The Kier molecular flexibility index (Phi) is 4.63. The van der Waals surface area contributed by atoms with Crippen molar-refractivity contribution in [3.63, 3.8) is 0 Å². The van der Waals surface area contributed by atoms with Gasteiger partial charge in [0.05, 0.1) is 0 Å². The van der Waals surface area contributed by atoms with E-state index in [1.54, 1.807) is 11.8 Å². The van der Waals surface area contributed by atoms with Crippen LogP contribution < -0.4 is 10.6 Å². The van der Waals surface area contributed by atoms with Gasteiger partial charge in [-0.2, -0.15) is 0 Å². The minimum atomic E-state index is 0.752. The molecule has 5 heteroatoms. The average molecular weight is 274 g/mol. The standard InChI is InChI=1S/C14H18N4S/c1-4-15-13-9-14(17-10(2)16-13)18-11-5-7-12(19-3)8-6-11/h5-9H,4H2,1-3H3,(H2,15,16,17,18). The lowest BCUT2D eigenvalue weighted by Crippen LogP contribution is -2.04. The van der Waals surface area contributed by atoms with Crippen molar-refractivity contribution in [1.82, 2.24) is 9.97 Å². The molecule has 1 heterocycles. The summed E-state index contributed by atoms with van der Waals surface area (Å²) >= 11 is 1.73. The van der Waals surface area contributed by atoms with Crippen LogP contribution in [0.2, 0.25) is 0 Å². The molecule has 0 radical (unpaired) electrons. The Labute approximate surface area is 118 Å². The molecule has 0 spiro atoms. The van der Waals surface area contributed by atoms with E-state index in [9.17, 15) is 0 Å². The van der Waals surface area contributed by atoms with Crippen LogP contribution in [0.4, 0.5) is 17.3 Å². The van der Waals surface area contributed by atoms with Gasteiger partial charge in [0.25, 0.3) is 0 Å². The Hall–Kier alpha value is -1.75. The Morgan fingerprint density at radius 2 is 1.79 bits per heavy atom. The third kappa shape index (κ3) is 3.86. The average Bonchev–Trinajstić information content (AvgIpc) is 2.39. The summed E-state index contributed by atoms with van der Waals surface area (Å²) in [7, 11) is 0. The number of hydrogen-bond acceptors (Lipinski definition) is 5. The van der Waals surface area contributed by atoms with Gasteiger partial charge in [-0.1, -0.05) is 0 Å². The number of rotatable bonds is 5. The molecule has 1 aromatic carbocycles. The van der Waals surface area contributed by atoms with E-state index in [1.807, 2.05) is 19.9 Å². The lowest BCUT2D eigenvalue weighted by molar-refractivity contribution is 1.04. The maximum atomic E-state index is 4.39. The van der Waals surface area contributed by atoms with Crippen LogP contribution in [0.1, 0.15) is 12.7 Å². The van der Waals surface area contributed by atoms with E-state index < -0.39 is 0 Å². The van der Waals surface area contributed by atoms with Gasteiger partial charge in [-0.05, 0) is 44.4 Å². The fourth-order valence-corrected chi connectivity index (χ4v) is 2.13. The van der Waals surface area contributed by atoms with Gasteiger partial charge in [-0.15, -0.1) is 11.8 Å². The zero-order valence-electron chi connectivity index (χ0n) is 11.4. The molecule has 2 aromatic rings. The largest absolute Gasteiger partial charge is 0.370 e. The number of nitrogens with one attached hydrogen (secondary N) is 2. The number of anilines is 3. The van der Waals surface area contributed by atoms with Gasteiger partial charge in [-0.25, -0.2) is 9.97 Å². The van der Waals surface area contributed by atoms with Crippen LogP contribution in [-0.2, 0) is 0 Å². The Balaban J connectivity index is 2.17. The van der Waals surface area contributed by atoms with E-state index >= 15 is 0 Å². The molecule has 0 unspecified atom stereocenters. The third-order valence-corrected chi connectivity index (χ3v) is 3.30. The molecule has 0 amide bonds. The summed E-state index contributed by atoms with van der Waals surface area (Å²) < 4.78 is 0. The molecule has 2 rings (SSSR count). The highest BCUT2D eigenvalue weighted by atomic mass is 32.2. The monoisotopic (exact) mass is 274 g/mol. The van der Waals surface area contributed by atoms with Crippen molar-refractivity contribution >= 4 is 29.1 Å². The first-order chi connectivity index (χ1) is 9.21. The van der Waals surface area contributed by atoms with Crippen LogP contribution in [0.3, 0.4) is 0 Å². The maximum Gasteiger partial charge on any atom is 0.136 e. The Morgan fingerprint density at radius 3 is 2.42 bits per heavy atom. The zero-order valence-corrected chi connectivity index (χ0v) is 12.2. The molecular weight excluding hydrogens is 256 g/mol. The molecule has 1 aromatic heterocycles. The molecule has 4 nitrogen and oxygen atoms in total. The van der Waals surface area contributed by atoms with Gasteiger partial charge in [-0.3, -0.25) is 0 Å². The van der Waals surface area contributed by atoms with Gasteiger partial charge in [0.2, 0.25) is 0 Å². The molecule has 19 heavy (non-hydrogen) atoms. The van der Waals surface area contributed by atoms with Crippen LogP contribution >= 0.6 is 11.8 Å². The van der Waals surface area contributed by atoms with Crippen molar-refractivity contribution in [2.45, 2.75) is 18.7 Å². The fourth-order valence-electron chi connectivity index (χ4n) is 1.73. The van der Waals surface area contributed by atoms with Crippen LogP contribution in [-0.4, -0.2) is 22.8 Å². The van der Waals surface area contributed by atoms with Crippen LogP contribution in [0.15, 0.2) is 35.2 Å². The SMILES string of the molecule is CCNc1cc(Nc2ccc(SC)cc2)nc(C)n1. The molecule has 0 saturated heterocycles. The summed E-state index contributed by atoms with van der Waals surface area (Å²) in [6.45, 7) is 4.78. The summed E-state index contributed by atoms with van der Waals surface area (Å²) in [4.78, 5) is 9.96. The third-order valence-electron chi connectivity index (χ3n) is 2.56. The normalized spacial score (nSPS) is 10.3. The van der Waals surface area contributed by atoms with Crippen LogP contribution in [0.5, 0.6) is 0 Å². The number of hydrogen-bond donors (Lipinski definition) is 2. The summed E-state index contributed by atoms with van der Waals surface area (Å²) in [6.07, 6.45) is 2.07. The second kappa shape index (κ2) is 6.43. The van der Waals surface area contributed by atoms with Crippen molar-refractivity contribution in [2.75, 3.05) is 23.4 Å². The summed E-state index contributed by atoms with van der Waals surface area (Å²) in [5, 5.41) is 6.49. The first-order valence-corrected chi connectivity index (χ1v) is 7.44. The maximum absolute atomic E-state index is 4.39. The summed E-state index contributed by atoms with van der Waals surface area (Å²) in [5.74, 6) is 2.40. The van der Waals surface area contributed by atoms with Crippen LogP contribution in [0, 0.1) is 6.92 Å². The molecule has 0 fully saturated rings.